The summed E-state index contributed by atoms with van der Waals surface area (Å²) in [6, 6.07) is 13.3. The lowest BCUT2D eigenvalue weighted by Crippen LogP contribution is -2.21. The monoisotopic (exact) mass is 562 g/mol. The summed E-state index contributed by atoms with van der Waals surface area (Å²) in [6.45, 7) is 0. The average molecular weight is 563 g/mol. The van der Waals surface area contributed by atoms with E-state index >= 15 is 4.39 Å². The number of nitrogens with one attached hydrogen (secondary N) is 1. The van der Waals surface area contributed by atoms with Crippen LogP contribution in [0.15, 0.2) is 47.1 Å². The highest BCUT2D eigenvalue weighted by Crippen LogP contribution is 2.35. The molecule has 0 spiro atoms. The Labute approximate surface area is 207 Å². The van der Waals surface area contributed by atoms with Gasteiger partial charge in [0.1, 0.15) is 5.75 Å². The van der Waals surface area contributed by atoms with Crippen LogP contribution in [0.2, 0.25) is 0 Å². The molecule has 0 radical (unpaired) electrons. The fraction of sp³-hybridized carbons (Fsp3) is 0.0909. The number of hydrogen-bond acceptors (Lipinski definition) is 7. The van der Waals surface area contributed by atoms with E-state index in [0.717, 1.165) is 5.39 Å². The number of aliphatic carboxylic acids is 1. The quantitative estimate of drug-likeness (QED) is 0.329. The third-order valence-electron chi connectivity index (χ3n) is 4.44. The molecule has 0 unspecified atom stereocenters. The largest absolute Gasteiger partial charge is 0.490 e. The van der Waals surface area contributed by atoms with Crippen LogP contribution in [-0.2, 0) is 11.2 Å². The highest BCUT2D eigenvalue weighted by Gasteiger charge is 2.38. The molecule has 9 nitrogen and oxygen atoms in total. The summed E-state index contributed by atoms with van der Waals surface area (Å²) in [5, 5.41) is 40.8. The zero-order valence-electron chi connectivity index (χ0n) is 17.6. The number of nitrogens with zero attached hydrogens (tertiary/aromatic N) is 5. The van der Waals surface area contributed by atoms with Gasteiger partial charge in [0, 0.05) is 11.8 Å². The van der Waals surface area contributed by atoms with Gasteiger partial charge in [-0.15, -0.1) is 5.10 Å². The van der Waals surface area contributed by atoms with Crippen molar-refractivity contribution in [2.75, 3.05) is 0 Å². The van der Waals surface area contributed by atoms with Crippen molar-refractivity contribution in [1.82, 2.24) is 20.4 Å². The lowest BCUT2D eigenvalue weighted by molar-refractivity contribution is -0.192. The van der Waals surface area contributed by atoms with E-state index in [0.29, 0.717) is 21.4 Å². The molecule has 4 rings (SSSR count). The van der Waals surface area contributed by atoms with Gasteiger partial charge in [-0.05, 0) is 51.8 Å². The molecule has 0 amide bonds. The van der Waals surface area contributed by atoms with Crippen LogP contribution in [0, 0.1) is 28.5 Å². The topological polar surface area (TPSA) is 149 Å². The maximum Gasteiger partial charge on any atom is 0.490 e. The first-order chi connectivity index (χ1) is 17.0. The molecule has 0 bridgehead atoms. The van der Waals surface area contributed by atoms with Gasteiger partial charge in [-0.25, -0.2) is 9.18 Å². The number of rotatable bonds is 4. The van der Waals surface area contributed by atoms with E-state index in [2.05, 4.69) is 36.3 Å². The second kappa shape index (κ2) is 10.8. The van der Waals surface area contributed by atoms with Crippen molar-refractivity contribution in [1.29, 1.82) is 10.5 Å². The maximum atomic E-state index is 15.2. The minimum atomic E-state index is -5.08. The third kappa shape index (κ3) is 6.11. The van der Waals surface area contributed by atoms with Gasteiger partial charge < -0.3 is 9.84 Å². The van der Waals surface area contributed by atoms with Crippen molar-refractivity contribution >= 4 is 32.9 Å². The van der Waals surface area contributed by atoms with Gasteiger partial charge in [-0.2, -0.15) is 33.9 Å². The number of aromatic amines is 1. The Kier molecular flexibility index (Phi) is 7.81. The molecule has 182 valence electrons. The molecule has 2 aromatic carbocycles. The molecule has 2 N–H and O–H groups in total. The van der Waals surface area contributed by atoms with Crippen molar-refractivity contribution < 1.29 is 32.2 Å². The van der Waals surface area contributed by atoms with E-state index in [-0.39, 0.29) is 29.0 Å². The number of carboxylic acid groups (broad SMARTS) is 1. The Balaban J connectivity index is 0.000000454. The van der Waals surface area contributed by atoms with Gasteiger partial charge in [0.2, 0.25) is 0 Å². The Morgan fingerprint density at radius 3 is 2.36 bits per heavy atom. The second-order valence-corrected chi connectivity index (χ2v) is 7.72. The summed E-state index contributed by atoms with van der Waals surface area (Å²) < 4.78 is 53.1. The zero-order chi connectivity index (χ0) is 26.5. The van der Waals surface area contributed by atoms with Crippen molar-refractivity contribution in [2.45, 2.75) is 12.6 Å². The first-order valence-corrected chi connectivity index (χ1v) is 10.4. The molecular weight excluding hydrogens is 552 g/mol. The summed E-state index contributed by atoms with van der Waals surface area (Å²) >= 11 is 3.29. The smallest absolute Gasteiger partial charge is 0.475 e. The first-order valence-electron chi connectivity index (χ1n) is 9.58. The number of alkyl halides is 3. The molecule has 0 aliphatic heterocycles. The SMILES string of the molecule is N#Cc1cc(C#N)cc(Oc2c(Br)ccc(Cc3n[nH]c4nnccc34)c2F)c1.O=C(O)C(F)(F)F. The van der Waals surface area contributed by atoms with Crippen molar-refractivity contribution in [3.63, 3.8) is 0 Å². The van der Waals surface area contributed by atoms with E-state index in [1.807, 2.05) is 12.1 Å². The van der Waals surface area contributed by atoms with E-state index in [9.17, 15) is 13.2 Å². The molecule has 0 saturated heterocycles. The Morgan fingerprint density at radius 2 is 1.78 bits per heavy atom. The van der Waals surface area contributed by atoms with Gasteiger partial charge >= 0.3 is 12.1 Å². The van der Waals surface area contributed by atoms with Crippen LogP contribution in [0.1, 0.15) is 22.4 Å². The minimum Gasteiger partial charge on any atom is -0.475 e. The number of fused-ring (bicyclic) bond motifs is 1. The lowest BCUT2D eigenvalue weighted by atomic mass is 10.1. The summed E-state index contributed by atoms with van der Waals surface area (Å²) in [5.41, 5.74) is 2.01. The number of aromatic nitrogens is 4. The lowest BCUT2D eigenvalue weighted by Gasteiger charge is -2.12. The molecule has 0 aliphatic rings. The first kappa shape index (κ1) is 26.1. The number of carboxylic acids is 1. The summed E-state index contributed by atoms with van der Waals surface area (Å²) in [6.07, 6.45) is -3.33. The van der Waals surface area contributed by atoms with Crippen LogP contribution in [0.3, 0.4) is 0 Å². The number of benzene rings is 2. The fourth-order valence-electron chi connectivity index (χ4n) is 2.85. The van der Waals surface area contributed by atoms with Gasteiger partial charge in [-0.1, -0.05) is 6.07 Å². The summed E-state index contributed by atoms with van der Waals surface area (Å²) in [7, 11) is 0. The maximum absolute atomic E-state index is 15.2. The predicted molar refractivity (Wildman–Crippen MR) is 118 cm³/mol. The van der Waals surface area contributed by atoms with Crippen LogP contribution in [0.25, 0.3) is 11.0 Å². The van der Waals surface area contributed by atoms with Gasteiger partial charge in [0.25, 0.3) is 0 Å². The second-order valence-electron chi connectivity index (χ2n) is 6.86. The Morgan fingerprint density at radius 1 is 1.14 bits per heavy atom. The molecule has 0 saturated carbocycles. The summed E-state index contributed by atoms with van der Waals surface area (Å²) in [5.74, 6) is -3.18. The molecule has 2 aromatic heterocycles. The zero-order valence-corrected chi connectivity index (χ0v) is 19.2. The van der Waals surface area contributed by atoms with E-state index in [4.69, 9.17) is 25.2 Å². The summed E-state index contributed by atoms with van der Waals surface area (Å²) in [4.78, 5) is 8.90. The molecular formula is C22H11BrF4N6O3. The van der Waals surface area contributed by atoms with Crippen LogP contribution < -0.4 is 4.74 Å². The number of carbonyl (C=O) groups is 1. The van der Waals surface area contributed by atoms with Crippen LogP contribution in [-0.4, -0.2) is 37.6 Å². The standard InChI is InChI=1S/C20H10BrFN6O.C2HF3O2/c21-16-2-1-13(8-17-15-3-4-25-27-20(15)28-26-17)18(22)19(16)29-14-6-11(9-23)5-12(7-14)10-24;3-2(4,5)1(6)7/h1-7H,8H2,(H,26,27,28);(H,6,7). The van der Waals surface area contributed by atoms with Crippen LogP contribution in [0.5, 0.6) is 11.5 Å². The van der Waals surface area contributed by atoms with Gasteiger partial charge in [0.15, 0.2) is 17.2 Å². The number of hydrogen-bond donors (Lipinski definition) is 2. The minimum absolute atomic E-state index is 0.0406. The van der Waals surface area contributed by atoms with Crippen LogP contribution in [0.4, 0.5) is 17.6 Å². The highest BCUT2D eigenvalue weighted by atomic mass is 79.9. The van der Waals surface area contributed by atoms with Crippen molar-refractivity contribution in [3.05, 3.63) is 75.3 Å². The molecule has 0 aliphatic carbocycles. The molecule has 0 atom stereocenters. The molecule has 2 heterocycles. The number of nitriles is 2. The number of H-pyrrole nitrogens is 1. The fourth-order valence-corrected chi connectivity index (χ4v) is 3.24. The number of halogens is 5. The molecule has 36 heavy (non-hydrogen) atoms. The van der Waals surface area contributed by atoms with Crippen molar-refractivity contribution in [2.24, 2.45) is 0 Å². The van der Waals surface area contributed by atoms with Gasteiger partial charge in [-0.3, -0.25) is 5.10 Å². The molecule has 0 fully saturated rings. The van der Waals surface area contributed by atoms with Crippen molar-refractivity contribution in [3.8, 4) is 23.6 Å². The molecule has 4 aromatic rings. The van der Waals surface area contributed by atoms with E-state index < -0.39 is 18.0 Å². The number of ether oxygens (including phenoxy) is 1. The third-order valence-corrected chi connectivity index (χ3v) is 5.07. The Hall–Kier alpha value is -4.56. The predicted octanol–water partition coefficient (Wildman–Crippen LogP) is 5.01. The van der Waals surface area contributed by atoms with Gasteiger partial charge in [0.05, 0.1) is 39.6 Å². The van der Waals surface area contributed by atoms with Crippen LogP contribution >= 0.6 is 15.9 Å². The average Bonchev–Trinajstić information content (AvgIpc) is 3.26. The molecule has 14 heteroatoms. The Bertz CT molecular complexity index is 1490. The normalized spacial score (nSPS) is 10.6. The van der Waals surface area contributed by atoms with E-state index in [1.165, 1.54) is 18.2 Å². The highest BCUT2D eigenvalue weighted by molar-refractivity contribution is 9.10. The van der Waals surface area contributed by atoms with E-state index in [1.54, 1.807) is 24.4 Å².